The summed E-state index contributed by atoms with van der Waals surface area (Å²) in [6, 6.07) is 22.6. The van der Waals surface area contributed by atoms with E-state index in [1.165, 1.54) is 0 Å². The molecule has 1 atom stereocenters. The summed E-state index contributed by atoms with van der Waals surface area (Å²) in [7, 11) is 0. The lowest BCUT2D eigenvalue weighted by atomic mass is 10.0. The fourth-order valence-electron chi connectivity index (χ4n) is 5.29. The summed E-state index contributed by atoms with van der Waals surface area (Å²) in [6.45, 7) is 0.515. The number of carbonyl (C=O) groups excluding carboxylic acids is 3. The van der Waals surface area contributed by atoms with Crippen LogP contribution in [-0.4, -0.2) is 34.2 Å². The minimum absolute atomic E-state index is 0.0228. The first-order valence-corrected chi connectivity index (χ1v) is 12.3. The van der Waals surface area contributed by atoms with Gasteiger partial charge in [0.1, 0.15) is 6.17 Å². The molecule has 0 fully saturated rings. The smallest absolute Gasteiger partial charge is 0.260 e. The maximum Gasteiger partial charge on any atom is 0.260 e. The van der Waals surface area contributed by atoms with Crippen molar-refractivity contribution in [1.29, 1.82) is 0 Å². The normalized spacial score (nSPS) is 16.2. The highest BCUT2D eigenvalue weighted by atomic mass is 16.2. The monoisotopic (exact) mass is 478 g/mol. The number of H-pyrrole nitrogens is 1. The number of para-hydroxylation sites is 1. The molecule has 1 aromatic heterocycles. The molecular weight excluding hydrogens is 452 g/mol. The zero-order valence-electron chi connectivity index (χ0n) is 19.7. The Morgan fingerprint density at radius 2 is 1.67 bits per heavy atom. The number of nitrogens with zero attached hydrogens (tertiary/aromatic N) is 2. The van der Waals surface area contributed by atoms with Gasteiger partial charge < -0.3 is 15.2 Å². The highest BCUT2D eigenvalue weighted by Gasteiger charge is 2.47. The van der Waals surface area contributed by atoms with Crippen LogP contribution in [0, 0.1) is 0 Å². The van der Waals surface area contributed by atoms with Crippen molar-refractivity contribution >= 4 is 40.0 Å². The summed E-state index contributed by atoms with van der Waals surface area (Å²) in [5.41, 5.74) is 4.49. The molecule has 1 unspecified atom stereocenters. The first-order chi connectivity index (χ1) is 17.6. The van der Waals surface area contributed by atoms with E-state index in [0.29, 0.717) is 29.8 Å². The highest BCUT2D eigenvalue weighted by Crippen LogP contribution is 2.45. The van der Waals surface area contributed by atoms with E-state index in [1.807, 2.05) is 72.9 Å². The maximum absolute atomic E-state index is 13.4. The Morgan fingerprint density at radius 3 is 2.56 bits per heavy atom. The molecule has 3 aromatic carbocycles. The van der Waals surface area contributed by atoms with Gasteiger partial charge in [-0.05, 0) is 54.6 Å². The zero-order chi connectivity index (χ0) is 24.6. The molecule has 180 valence electrons. The third-order valence-corrected chi connectivity index (χ3v) is 7.02. The molecule has 0 saturated carbocycles. The van der Waals surface area contributed by atoms with Gasteiger partial charge in [-0.3, -0.25) is 19.3 Å². The Kier molecular flexibility index (Phi) is 5.52. The van der Waals surface area contributed by atoms with Crippen molar-refractivity contribution in [2.75, 3.05) is 16.8 Å². The first-order valence-electron chi connectivity index (χ1n) is 12.3. The van der Waals surface area contributed by atoms with Crippen LogP contribution in [0.2, 0.25) is 0 Å². The lowest BCUT2D eigenvalue weighted by Gasteiger charge is -2.41. The molecule has 0 aliphatic carbocycles. The second kappa shape index (κ2) is 9.00. The minimum Gasteiger partial charge on any atom is -0.361 e. The van der Waals surface area contributed by atoms with Gasteiger partial charge >= 0.3 is 0 Å². The minimum atomic E-state index is -0.428. The van der Waals surface area contributed by atoms with Crippen LogP contribution in [0.1, 0.15) is 58.1 Å². The average molecular weight is 479 g/mol. The number of aromatic nitrogens is 1. The van der Waals surface area contributed by atoms with Crippen LogP contribution < -0.4 is 10.2 Å². The van der Waals surface area contributed by atoms with E-state index in [4.69, 9.17) is 0 Å². The predicted octanol–water partition coefficient (Wildman–Crippen LogP) is 5.48. The lowest BCUT2D eigenvalue weighted by Crippen LogP contribution is -2.48. The van der Waals surface area contributed by atoms with Gasteiger partial charge in [0.2, 0.25) is 5.91 Å². The number of hydrogen-bond acceptors (Lipinski definition) is 3. The molecule has 2 N–H and O–H groups in total. The van der Waals surface area contributed by atoms with Gasteiger partial charge in [0, 0.05) is 41.5 Å². The second-order valence-electron chi connectivity index (χ2n) is 9.29. The Morgan fingerprint density at radius 1 is 0.861 bits per heavy atom. The quantitative estimate of drug-likeness (QED) is 0.345. The predicted molar refractivity (Wildman–Crippen MR) is 139 cm³/mol. The van der Waals surface area contributed by atoms with Crippen molar-refractivity contribution in [2.45, 2.75) is 31.8 Å². The third-order valence-electron chi connectivity index (χ3n) is 7.02. The Balaban J connectivity index is 1.10. The lowest BCUT2D eigenvalue weighted by molar-refractivity contribution is -0.116. The van der Waals surface area contributed by atoms with Crippen molar-refractivity contribution in [3.05, 3.63) is 95.7 Å². The van der Waals surface area contributed by atoms with Gasteiger partial charge in [-0.2, -0.15) is 0 Å². The summed E-state index contributed by atoms with van der Waals surface area (Å²) < 4.78 is 0. The molecule has 0 saturated heterocycles. The zero-order valence-corrected chi connectivity index (χ0v) is 19.7. The average Bonchev–Trinajstić information content (AvgIpc) is 3.48. The van der Waals surface area contributed by atoms with Crippen molar-refractivity contribution in [2.24, 2.45) is 0 Å². The molecule has 36 heavy (non-hydrogen) atoms. The van der Waals surface area contributed by atoms with E-state index in [-0.39, 0.29) is 17.7 Å². The van der Waals surface area contributed by atoms with Gasteiger partial charge in [0.25, 0.3) is 11.8 Å². The summed E-state index contributed by atoms with van der Waals surface area (Å²) in [5.74, 6) is -0.158. The van der Waals surface area contributed by atoms with Gasteiger partial charge in [0.15, 0.2) is 0 Å². The summed E-state index contributed by atoms with van der Waals surface area (Å²) in [4.78, 5) is 45.8. The van der Waals surface area contributed by atoms with Gasteiger partial charge in [-0.15, -0.1) is 0 Å². The number of fused-ring (bicyclic) bond motifs is 6. The van der Waals surface area contributed by atoms with Crippen LogP contribution in [0.4, 0.5) is 11.4 Å². The van der Waals surface area contributed by atoms with Gasteiger partial charge in [-0.1, -0.05) is 42.8 Å². The number of benzene rings is 3. The molecule has 7 heteroatoms. The Labute approximate surface area is 208 Å². The van der Waals surface area contributed by atoms with Gasteiger partial charge in [-0.25, -0.2) is 0 Å². The molecule has 2 aliphatic rings. The van der Waals surface area contributed by atoms with Crippen molar-refractivity contribution in [1.82, 2.24) is 9.88 Å². The molecule has 2 aliphatic heterocycles. The fourth-order valence-corrected chi connectivity index (χ4v) is 5.29. The van der Waals surface area contributed by atoms with Crippen LogP contribution >= 0.6 is 0 Å². The number of anilines is 2. The first kappa shape index (κ1) is 22.1. The number of rotatable bonds is 7. The number of unbranched alkanes of at least 4 members (excludes halogenated alkanes) is 2. The molecule has 0 bridgehead atoms. The van der Waals surface area contributed by atoms with Crippen molar-refractivity contribution in [3.63, 3.8) is 0 Å². The summed E-state index contributed by atoms with van der Waals surface area (Å²) in [5, 5.41) is 4.07. The largest absolute Gasteiger partial charge is 0.361 e. The third kappa shape index (κ3) is 3.73. The van der Waals surface area contributed by atoms with E-state index in [9.17, 15) is 14.4 Å². The molecule has 0 radical (unpaired) electrons. The number of aromatic amines is 1. The van der Waals surface area contributed by atoms with Crippen LogP contribution in [-0.2, 0) is 4.79 Å². The molecule has 3 amide bonds. The highest BCUT2D eigenvalue weighted by molar-refractivity contribution is 6.16. The van der Waals surface area contributed by atoms with Crippen LogP contribution in [0.5, 0.6) is 0 Å². The van der Waals surface area contributed by atoms with Crippen LogP contribution in [0.25, 0.3) is 10.9 Å². The standard InChI is InChI=1S/C29H26N4O3/c34-26(31-20-14-13-19-15-16-30-24(19)18-20)12-2-1-7-17-32-27-21-8-3-4-9-22(21)29(36)33(27)25-11-6-5-10-23(25)28(32)35/h3-6,8-11,13-16,18,27,30H,1-2,7,12,17H2,(H,31,34). The summed E-state index contributed by atoms with van der Waals surface area (Å²) in [6.07, 6.45) is 4.13. The molecule has 4 aromatic rings. The van der Waals surface area contributed by atoms with Crippen molar-refractivity contribution < 1.29 is 14.4 Å². The molecular formula is C29H26N4O3. The molecule has 6 rings (SSSR count). The molecule has 7 nitrogen and oxygen atoms in total. The maximum atomic E-state index is 13.4. The topological polar surface area (TPSA) is 85.5 Å². The number of carbonyl (C=O) groups is 3. The van der Waals surface area contributed by atoms with E-state index in [0.717, 1.165) is 41.4 Å². The van der Waals surface area contributed by atoms with E-state index < -0.39 is 6.17 Å². The fraction of sp³-hybridized carbons (Fsp3) is 0.207. The number of hydrogen-bond donors (Lipinski definition) is 2. The Bertz CT molecular complexity index is 1490. The Hall–Kier alpha value is -4.39. The van der Waals surface area contributed by atoms with Crippen molar-refractivity contribution in [3.8, 4) is 0 Å². The number of nitrogens with one attached hydrogen (secondary N) is 2. The van der Waals surface area contributed by atoms with Crippen LogP contribution in [0.15, 0.2) is 79.0 Å². The van der Waals surface area contributed by atoms with E-state index >= 15 is 0 Å². The summed E-state index contributed by atoms with van der Waals surface area (Å²) >= 11 is 0. The molecule has 0 spiro atoms. The van der Waals surface area contributed by atoms with Crippen LogP contribution in [0.3, 0.4) is 0 Å². The SMILES string of the molecule is O=C(CCCCCN1C(=O)c2ccccc2N2C(=O)c3ccccc3C12)Nc1ccc2cc[nH]c2c1. The van der Waals surface area contributed by atoms with E-state index in [1.54, 1.807) is 15.9 Å². The molecule has 3 heterocycles. The van der Waals surface area contributed by atoms with Gasteiger partial charge in [0.05, 0.1) is 11.3 Å². The van der Waals surface area contributed by atoms with E-state index in [2.05, 4.69) is 10.3 Å². The number of amides is 3. The second-order valence-corrected chi connectivity index (χ2v) is 9.29.